The van der Waals surface area contributed by atoms with Crippen LogP contribution in [0.3, 0.4) is 0 Å². The van der Waals surface area contributed by atoms with Crippen molar-refractivity contribution < 1.29 is 9.26 Å². The van der Waals surface area contributed by atoms with Gasteiger partial charge in [-0.15, -0.1) is 0 Å². The first-order chi connectivity index (χ1) is 13.7. The maximum atomic E-state index is 6.10. The fraction of sp³-hybridized carbons (Fsp3) is 0.545. The third-order valence-corrected chi connectivity index (χ3v) is 5.40. The summed E-state index contributed by atoms with van der Waals surface area (Å²) in [5.41, 5.74) is 2.17. The maximum absolute atomic E-state index is 6.10. The van der Waals surface area contributed by atoms with Gasteiger partial charge in [0.05, 0.1) is 18.3 Å². The number of nitrogens with one attached hydrogen (secondary N) is 2. The molecule has 0 spiro atoms. The summed E-state index contributed by atoms with van der Waals surface area (Å²) in [7, 11) is 1.77. The molecule has 0 aliphatic heterocycles. The van der Waals surface area contributed by atoms with Gasteiger partial charge < -0.3 is 19.9 Å². The highest BCUT2D eigenvalue weighted by atomic mass is 16.5. The molecule has 0 bridgehead atoms. The van der Waals surface area contributed by atoms with E-state index in [9.17, 15) is 0 Å². The fourth-order valence-electron chi connectivity index (χ4n) is 3.32. The largest absolute Gasteiger partial charge is 0.490 e. The molecule has 28 heavy (non-hydrogen) atoms. The highest BCUT2D eigenvalue weighted by Crippen LogP contribution is 2.27. The fourth-order valence-corrected chi connectivity index (χ4v) is 3.32. The van der Waals surface area contributed by atoms with E-state index in [1.54, 1.807) is 7.05 Å². The van der Waals surface area contributed by atoms with E-state index in [1.165, 1.54) is 6.42 Å². The summed E-state index contributed by atoms with van der Waals surface area (Å²) in [5, 5.41) is 10.9. The molecule has 2 N–H and O–H groups in total. The second kappa shape index (κ2) is 10.2. The van der Waals surface area contributed by atoms with Crippen LogP contribution in [0.1, 0.15) is 68.9 Å². The molecule has 0 saturated heterocycles. The van der Waals surface area contributed by atoms with Gasteiger partial charge in [-0.2, -0.15) is 0 Å². The van der Waals surface area contributed by atoms with Gasteiger partial charge in [0.1, 0.15) is 5.75 Å². The molecule has 2 aromatic rings. The SMILES string of the molecule is CCC(CC)c1cc(CNC(=NC)NCc2ccccc2OC2CCC2)on1. The van der Waals surface area contributed by atoms with Crippen molar-refractivity contribution in [1.82, 2.24) is 15.8 Å². The third kappa shape index (κ3) is 5.27. The quantitative estimate of drug-likeness (QED) is 0.496. The zero-order valence-electron chi connectivity index (χ0n) is 17.2. The van der Waals surface area contributed by atoms with Crippen molar-refractivity contribution >= 4 is 5.96 Å². The van der Waals surface area contributed by atoms with Gasteiger partial charge in [-0.1, -0.05) is 37.2 Å². The van der Waals surface area contributed by atoms with Crippen molar-refractivity contribution in [2.45, 2.75) is 71.1 Å². The first kappa shape index (κ1) is 20.2. The number of hydrogen-bond acceptors (Lipinski definition) is 4. The normalized spacial score (nSPS) is 14.8. The molecule has 0 unspecified atom stereocenters. The van der Waals surface area contributed by atoms with Crippen molar-refractivity contribution in [3.8, 4) is 5.75 Å². The number of hydrogen-bond donors (Lipinski definition) is 2. The lowest BCUT2D eigenvalue weighted by atomic mass is 9.96. The van der Waals surface area contributed by atoms with Crippen LogP contribution in [0.5, 0.6) is 5.75 Å². The molecule has 0 radical (unpaired) electrons. The van der Waals surface area contributed by atoms with Crippen LogP contribution in [0.2, 0.25) is 0 Å². The van der Waals surface area contributed by atoms with E-state index < -0.39 is 0 Å². The van der Waals surface area contributed by atoms with Gasteiger partial charge in [-0.05, 0) is 38.2 Å². The van der Waals surface area contributed by atoms with Crippen LogP contribution in [-0.4, -0.2) is 24.3 Å². The van der Waals surface area contributed by atoms with Gasteiger partial charge in [-0.25, -0.2) is 0 Å². The van der Waals surface area contributed by atoms with Crippen molar-refractivity contribution in [2.75, 3.05) is 7.05 Å². The highest BCUT2D eigenvalue weighted by Gasteiger charge is 2.20. The summed E-state index contributed by atoms with van der Waals surface area (Å²) in [6, 6.07) is 10.2. The Morgan fingerprint density at radius 3 is 2.64 bits per heavy atom. The lowest BCUT2D eigenvalue weighted by molar-refractivity contribution is 0.119. The van der Waals surface area contributed by atoms with Gasteiger partial charge >= 0.3 is 0 Å². The molecule has 1 fully saturated rings. The average molecular weight is 385 g/mol. The summed E-state index contributed by atoms with van der Waals surface area (Å²) < 4.78 is 11.6. The summed E-state index contributed by atoms with van der Waals surface area (Å²) in [6.07, 6.45) is 6.09. The Kier molecular flexibility index (Phi) is 7.34. The lowest BCUT2D eigenvalue weighted by Crippen LogP contribution is -2.36. The molecule has 1 aliphatic carbocycles. The van der Waals surface area contributed by atoms with Crippen molar-refractivity contribution in [1.29, 1.82) is 0 Å². The molecule has 1 saturated carbocycles. The number of ether oxygens (including phenoxy) is 1. The van der Waals surface area contributed by atoms with Gasteiger partial charge in [0.25, 0.3) is 0 Å². The number of guanidine groups is 1. The van der Waals surface area contributed by atoms with E-state index in [0.29, 0.717) is 25.1 Å². The van der Waals surface area contributed by atoms with Crippen LogP contribution in [0.25, 0.3) is 0 Å². The zero-order valence-corrected chi connectivity index (χ0v) is 17.2. The minimum atomic E-state index is 0.370. The molecule has 6 nitrogen and oxygen atoms in total. The topological polar surface area (TPSA) is 71.7 Å². The minimum Gasteiger partial charge on any atom is -0.490 e. The molecular weight excluding hydrogens is 352 g/mol. The summed E-state index contributed by atoms with van der Waals surface area (Å²) >= 11 is 0. The van der Waals surface area contributed by atoms with E-state index in [4.69, 9.17) is 9.26 Å². The minimum absolute atomic E-state index is 0.370. The second-order valence-corrected chi connectivity index (χ2v) is 7.29. The molecule has 3 rings (SSSR count). The van der Waals surface area contributed by atoms with Crippen molar-refractivity contribution in [2.24, 2.45) is 4.99 Å². The summed E-state index contributed by atoms with van der Waals surface area (Å²) in [4.78, 5) is 4.30. The van der Waals surface area contributed by atoms with Crippen LogP contribution in [0, 0.1) is 0 Å². The summed E-state index contributed by atoms with van der Waals surface area (Å²) in [6.45, 7) is 5.56. The molecule has 1 aromatic carbocycles. The number of benzene rings is 1. The summed E-state index contributed by atoms with van der Waals surface area (Å²) in [5.74, 6) is 2.96. The first-order valence-corrected chi connectivity index (χ1v) is 10.4. The second-order valence-electron chi connectivity index (χ2n) is 7.29. The van der Waals surface area contributed by atoms with Crippen LogP contribution >= 0.6 is 0 Å². The zero-order chi connectivity index (χ0) is 19.8. The standard InChI is InChI=1S/C22H32N4O2/c1-4-16(5-2)20-13-19(28-26-20)15-25-22(23-3)24-14-17-9-6-7-12-21(17)27-18-10-8-11-18/h6-7,9,12-13,16,18H,4-5,8,10-11,14-15H2,1-3H3,(H2,23,24,25). The number of aromatic nitrogens is 1. The molecule has 6 heteroatoms. The molecule has 0 atom stereocenters. The maximum Gasteiger partial charge on any atom is 0.191 e. The average Bonchev–Trinajstić information content (AvgIpc) is 3.15. The molecule has 1 aliphatic rings. The van der Waals surface area contributed by atoms with Gasteiger partial charge in [0, 0.05) is 31.1 Å². The number of aliphatic imine (C=N–C) groups is 1. The molecule has 0 amide bonds. The Bertz CT molecular complexity index is 763. The van der Waals surface area contributed by atoms with E-state index in [-0.39, 0.29) is 0 Å². The number of para-hydroxylation sites is 1. The van der Waals surface area contributed by atoms with Crippen LogP contribution < -0.4 is 15.4 Å². The van der Waals surface area contributed by atoms with E-state index >= 15 is 0 Å². The Morgan fingerprint density at radius 1 is 1.21 bits per heavy atom. The Hall–Kier alpha value is -2.50. The van der Waals surface area contributed by atoms with Crippen LogP contribution in [0.4, 0.5) is 0 Å². The number of rotatable bonds is 9. The third-order valence-electron chi connectivity index (χ3n) is 5.40. The lowest BCUT2D eigenvalue weighted by Gasteiger charge is -2.27. The molecule has 1 aromatic heterocycles. The van der Waals surface area contributed by atoms with E-state index in [0.717, 1.165) is 54.4 Å². The predicted molar refractivity (Wildman–Crippen MR) is 112 cm³/mol. The monoisotopic (exact) mass is 384 g/mol. The first-order valence-electron chi connectivity index (χ1n) is 10.4. The van der Waals surface area contributed by atoms with Crippen LogP contribution in [-0.2, 0) is 13.1 Å². The van der Waals surface area contributed by atoms with Crippen molar-refractivity contribution in [3.63, 3.8) is 0 Å². The van der Waals surface area contributed by atoms with Gasteiger partial charge in [-0.3, -0.25) is 4.99 Å². The van der Waals surface area contributed by atoms with E-state index in [2.05, 4.69) is 40.7 Å². The van der Waals surface area contributed by atoms with Gasteiger partial charge in [0.2, 0.25) is 0 Å². The van der Waals surface area contributed by atoms with E-state index in [1.807, 2.05) is 24.3 Å². The Labute approximate surface area is 167 Å². The highest BCUT2D eigenvalue weighted by molar-refractivity contribution is 5.79. The predicted octanol–water partition coefficient (Wildman–Crippen LogP) is 4.37. The van der Waals surface area contributed by atoms with Gasteiger partial charge in [0.15, 0.2) is 11.7 Å². The smallest absolute Gasteiger partial charge is 0.191 e. The molecule has 1 heterocycles. The Balaban J connectivity index is 1.51. The van der Waals surface area contributed by atoms with Crippen molar-refractivity contribution in [3.05, 3.63) is 47.3 Å². The Morgan fingerprint density at radius 2 is 1.96 bits per heavy atom. The molecule has 152 valence electrons. The van der Waals surface area contributed by atoms with Crippen LogP contribution in [0.15, 0.2) is 39.8 Å². The number of nitrogens with zero attached hydrogens (tertiary/aromatic N) is 2. The molecular formula is C22H32N4O2.